The molecule has 1 saturated carbocycles. The van der Waals surface area contributed by atoms with E-state index in [-0.39, 0.29) is 30.1 Å². The van der Waals surface area contributed by atoms with Gasteiger partial charge in [0.1, 0.15) is 5.82 Å². The molecule has 0 spiro atoms. The van der Waals surface area contributed by atoms with E-state index in [0.29, 0.717) is 12.5 Å². The van der Waals surface area contributed by atoms with Crippen molar-refractivity contribution in [3.05, 3.63) is 59.2 Å². The van der Waals surface area contributed by atoms with Gasteiger partial charge in [0, 0.05) is 32.1 Å². The summed E-state index contributed by atoms with van der Waals surface area (Å²) in [5.41, 5.74) is -1.77. The Balaban J connectivity index is 1.32. The standard InChI is InChI=1S/C26H29F6N5/c1-37(2)23-21-5-3-4-6-22(21)35-24(36-23)34-20-9-7-16(8-10-20)14-33-15-17-11-18(25(27,28)29)13-19(12-17)26(30,31)32/h3-6,11-13,16,20,33H,7-10,14-15H2,1-2H3,(H,34,35,36)/t16-,20+. The minimum absolute atomic E-state index is 0.0392. The van der Waals surface area contributed by atoms with E-state index < -0.39 is 23.5 Å². The molecule has 0 saturated heterocycles. The third kappa shape index (κ3) is 6.82. The first kappa shape index (κ1) is 27.0. The van der Waals surface area contributed by atoms with Gasteiger partial charge in [0.2, 0.25) is 5.95 Å². The average molecular weight is 526 g/mol. The smallest absolute Gasteiger partial charge is 0.362 e. The predicted octanol–water partition coefficient (Wildman–Crippen LogP) is 6.49. The van der Waals surface area contributed by atoms with Crippen LogP contribution in [0.3, 0.4) is 0 Å². The van der Waals surface area contributed by atoms with Crippen LogP contribution in [0.2, 0.25) is 0 Å². The normalized spacial score (nSPS) is 18.7. The van der Waals surface area contributed by atoms with Gasteiger partial charge >= 0.3 is 12.4 Å². The van der Waals surface area contributed by atoms with E-state index in [1.54, 1.807) is 0 Å². The van der Waals surface area contributed by atoms with Crippen molar-refractivity contribution in [1.82, 2.24) is 15.3 Å². The van der Waals surface area contributed by atoms with Gasteiger partial charge in [-0.25, -0.2) is 4.98 Å². The number of rotatable bonds is 7. The largest absolute Gasteiger partial charge is 0.416 e. The number of hydrogen-bond acceptors (Lipinski definition) is 5. The van der Waals surface area contributed by atoms with Crippen LogP contribution in [0.4, 0.5) is 38.1 Å². The number of alkyl halides is 6. The molecule has 3 aromatic rings. The van der Waals surface area contributed by atoms with Gasteiger partial charge in [-0.1, -0.05) is 12.1 Å². The van der Waals surface area contributed by atoms with E-state index in [0.717, 1.165) is 54.5 Å². The molecule has 1 heterocycles. The number of hydrogen-bond donors (Lipinski definition) is 2. The molecule has 37 heavy (non-hydrogen) atoms. The number of benzene rings is 2. The lowest BCUT2D eigenvalue weighted by molar-refractivity contribution is -0.143. The van der Waals surface area contributed by atoms with Gasteiger partial charge in [-0.3, -0.25) is 0 Å². The molecule has 1 aliphatic carbocycles. The Hall–Kier alpha value is -3.08. The van der Waals surface area contributed by atoms with Crippen LogP contribution in [-0.2, 0) is 18.9 Å². The Labute approximate surface area is 211 Å². The van der Waals surface area contributed by atoms with E-state index in [2.05, 4.69) is 20.6 Å². The van der Waals surface area contributed by atoms with Crippen LogP contribution in [0.1, 0.15) is 42.4 Å². The molecule has 1 aliphatic rings. The average Bonchev–Trinajstić information content (AvgIpc) is 2.83. The zero-order valence-electron chi connectivity index (χ0n) is 20.5. The SMILES string of the molecule is CN(C)c1nc(N[C@H]2CC[C@@H](CNCc3cc(C(F)(F)F)cc(C(F)(F)F)c3)CC2)nc2ccccc12. The molecule has 2 aromatic carbocycles. The fourth-order valence-electron chi connectivity index (χ4n) is 4.70. The van der Waals surface area contributed by atoms with Gasteiger partial charge in [0.15, 0.2) is 0 Å². The van der Waals surface area contributed by atoms with Crippen molar-refractivity contribution >= 4 is 22.7 Å². The highest BCUT2D eigenvalue weighted by atomic mass is 19.4. The maximum absolute atomic E-state index is 13.1. The first-order chi connectivity index (χ1) is 17.4. The van der Waals surface area contributed by atoms with Crippen molar-refractivity contribution < 1.29 is 26.3 Å². The van der Waals surface area contributed by atoms with E-state index in [1.165, 1.54) is 0 Å². The third-order valence-corrected chi connectivity index (χ3v) is 6.60. The summed E-state index contributed by atoms with van der Waals surface area (Å²) in [5, 5.41) is 7.45. The first-order valence-corrected chi connectivity index (χ1v) is 12.1. The minimum atomic E-state index is -4.84. The van der Waals surface area contributed by atoms with Crippen LogP contribution in [0.25, 0.3) is 10.9 Å². The quantitative estimate of drug-likeness (QED) is 0.345. The van der Waals surface area contributed by atoms with Crippen LogP contribution in [0.15, 0.2) is 42.5 Å². The zero-order valence-corrected chi connectivity index (χ0v) is 20.5. The Morgan fingerprint density at radius 3 is 2.08 bits per heavy atom. The molecule has 200 valence electrons. The van der Waals surface area contributed by atoms with Gasteiger partial charge in [0.25, 0.3) is 0 Å². The number of nitrogens with zero attached hydrogens (tertiary/aromatic N) is 3. The van der Waals surface area contributed by atoms with Gasteiger partial charge in [-0.2, -0.15) is 31.3 Å². The van der Waals surface area contributed by atoms with E-state index in [4.69, 9.17) is 0 Å². The fourth-order valence-corrected chi connectivity index (χ4v) is 4.70. The Bertz CT molecular complexity index is 1180. The fraction of sp³-hybridized carbons (Fsp3) is 0.462. The molecule has 1 fully saturated rings. The lowest BCUT2D eigenvalue weighted by Crippen LogP contribution is -2.31. The summed E-state index contributed by atoms with van der Waals surface area (Å²) >= 11 is 0. The topological polar surface area (TPSA) is 53.1 Å². The number of fused-ring (bicyclic) bond motifs is 1. The molecule has 11 heteroatoms. The molecule has 5 nitrogen and oxygen atoms in total. The second kappa shape index (κ2) is 10.7. The summed E-state index contributed by atoms with van der Waals surface area (Å²) in [7, 11) is 3.86. The van der Waals surface area contributed by atoms with Gasteiger partial charge in [-0.15, -0.1) is 0 Å². The zero-order chi connectivity index (χ0) is 26.8. The highest BCUT2D eigenvalue weighted by molar-refractivity contribution is 5.90. The monoisotopic (exact) mass is 525 g/mol. The summed E-state index contributed by atoms with van der Waals surface area (Å²) in [4.78, 5) is 11.3. The molecule has 0 aliphatic heterocycles. The van der Waals surface area contributed by atoms with Gasteiger partial charge < -0.3 is 15.5 Å². The Morgan fingerprint density at radius 1 is 0.865 bits per heavy atom. The second-order valence-electron chi connectivity index (χ2n) is 9.69. The van der Waals surface area contributed by atoms with Crippen LogP contribution in [-0.4, -0.2) is 36.6 Å². The molecule has 0 atom stereocenters. The first-order valence-electron chi connectivity index (χ1n) is 12.1. The van der Waals surface area contributed by atoms with Crippen LogP contribution < -0.4 is 15.5 Å². The minimum Gasteiger partial charge on any atom is -0.362 e. The number of aromatic nitrogens is 2. The van der Waals surface area contributed by atoms with Crippen molar-refractivity contribution in [3.63, 3.8) is 0 Å². The predicted molar refractivity (Wildman–Crippen MR) is 131 cm³/mol. The second-order valence-corrected chi connectivity index (χ2v) is 9.69. The lowest BCUT2D eigenvalue weighted by atomic mass is 9.86. The number of nitrogens with one attached hydrogen (secondary N) is 2. The molecule has 2 N–H and O–H groups in total. The van der Waals surface area contributed by atoms with Gasteiger partial charge in [0.05, 0.1) is 16.6 Å². The molecule has 0 amide bonds. The summed E-state index contributed by atoms with van der Waals surface area (Å²) in [6.45, 7) is 0.449. The maximum Gasteiger partial charge on any atom is 0.416 e. The number of para-hydroxylation sites is 1. The van der Waals surface area contributed by atoms with Crippen LogP contribution in [0.5, 0.6) is 0 Å². The summed E-state index contributed by atoms with van der Waals surface area (Å²) in [6.07, 6.45) is -6.22. The Morgan fingerprint density at radius 2 is 1.49 bits per heavy atom. The molecule has 0 bridgehead atoms. The van der Waals surface area contributed by atoms with E-state index in [9.17, 15) is 26.3 Å². The van der Waals surface area contributed by atoms with Crippen molar-refractivity contribution in [2.75, 3.05) is 30.9 Å². The molecule has 4 rings (SSSR count). The molecule has 0 unspecified atom stereocenters. The van der Waals surface area contributed by atoms with Crippen molar-refractivity contribution in [2.24, 2.45) is 5.92 Å². The summed E-state index contributed by atoms with van der Waals surface area (Å²) < 4.78 is 78.5. The molecular formula is C26H29F6N5. The summed E-state index contributed by atoms with van der Waals surface area (Å²) in [5.74, 6) is 1.67. The molecular weight excluding hydrogens is 496 g/mol. The highest BCUT2D eigenvalue weighted by Gasteiger charge is 2.36. The van der Waals surface area contributed by atoms with Crippen LogP contribution >= 0.6 is 0 Å². The van der Waals surface area contributed by atoms with Crippen molar-refractivity contribution in [2.45, 2.75) is 50.6 Å². The number of halogens is 6. The Kier molecular flexibility index (Phi) is 7.82. The summed E-state index contributed by atoms with van der Waals surface area (Å²) in [6, 6.07) is 9.69. The third-order valence-electron chi connectivity index (χ3n) is 6.60. The highest BCUT2D eigenvalue weighted by Crippen LogP contribution is 2.36. The van der Waals surface area contributed by atoms with Crippen molar-refractivity contribution in [1.29, 1.82) is 0 Å². The maximum atomic E-state index is 13.1. The lowest BCUT2D eigenvalue weighted by Gasteiger charge is -2.29. The molecule has 1 aromatic heterocycles. The van der Waals surface area contributed by atoms with E-state index >= 15 is 0 Å². The van der Waals surface area contributed by atoms with Crippen LogP contribution in [0, 0.1) is 5.92 Å². The van der Waals surface area contributed by atoms with Gasteiger partial charge in [-0.05, 0) is 74.0 Å². The van der Waals surface area contributed by atoms with E-state index in [1.807, 2.05) is 43.3 Å². The number of anilines is 2. The van der Waals surface area contributed by atoms with Crippen molar-refractivity contribution in [3.8, 4) is 0 Å². The molecule has 0 radical (unpaired) electrons.